The molecule has 0 fully saturated rings. The number of aliphatic hydroxyl groups is 1. The Morgan fingerprint density at radius 2 is 1.91 bits per heavy atom. The van der Waals surface area contributed by atoms with E-state index in [1.807, 2.05) is 20.8 Å². The Hall–Kier alpha value is -0.630. The molecule has 0 radical (unpaired) electrons. The first-order valence-corrected chi connectivity index (χ1v) is 3.93. The number of aliphatic hydroxyl groups excluding tert-OH is 1. The van der Waals surface area contributed by atoms with E-state index in [-0.39, 0.29) is 12.4 Å². The van der Waals surface area contributed by atoms with Crippen LogP contribution >= 0.6 is 0 Å². The molecule has 0 aromatic rings. The van der Waals surface area contributed by atoms with Crippen LogP contribution in [0.25, 0.3) is 0 Å². The van der Waals surface area contributed by atoms with Gasteiger partial charge in [-0.05, 0) is 25.8 Å². The predicted octanol–water partition coefficient (Wildman–Crippen LogP) is 1.68. The molecule has 64 valence electrons. The number of ketones is 1. The number of allylic oxidation sites excluding steroid dienone is 1. The van der Waals surface area contributed by atoms with Gasteiger partial charge < -0.3 is 5.11 Å². The number of carbonyl (C=O) groups excluding carboxylic acids is 1. The SMILES string of the molecule is CCC(=O)C(CCO)=C(C)C. The van der Waals surface area contributed by atoms with E-state index in [0.29, 0.717) is 12.8 Å². The molecule has 0 saturated carbocycles. The third-order valence-corrected chi connectivity index (χ3v) is 1.62. The van der Waals surface area contributed by atoms with Gasteiger partial charge in [0.15, 0.2) is 5.78 Å². The fourth-order valence-corrected chi connectivity index (χ4v) is 0.993. The zero-order valence-corrected chi connectivity index (χ0v) is 7.48. The van der Waals surface area contributed by atoms with Crippen molar-refractivity contribution >= 4 is 5.78 Å². The first-order chi connectivity index (χ1) is 5.13. The monoisotopic (exact) mass is 156 g/mol. The van der Waals surface area contributed by atoms with Crippen LogP contribution in [-0.2, 0) is 4.79 Å². The van der Waals surface area contributed by atoms with E-state index in [9.17, 15) is 4.79 Å². The average Bonchev–Trinajstić information content (AvgIpc) is 1.98. The molecular formula is C9H16O2. The highest BCUT2D eigenvalue weighted by Crippen LogP contribution is 2.10. The Labute approximate surface area is 67.9 Å². The summed E-state index contributed by atoms with van der Waals surface area (Å²) in [5.74, 6) is 0.152. The molecule has 0 aromatic carbocycles. The summed E-state index contributed by atoms with van der Waals surface area (Å²) in [6, 6.07) is 0. The minimum atomic E-state index is 0.0618. The van der Waals surface area contributed by atoms with Crippen LogP contribution in [-0.4, -0.2) is 17.5 Å². The van der Waals surface area contributed by atoms with Gasteiger partial charge in [-0.1, -0.05) is 12.5 Å². The van der Waals surface area contributed by atoms with Crippen molar-refractivity contribution in [2.45, 2.75) is 33.6 Å². The number of hydrogen-bond acceptors (Lipinski definition) is 2. The van der Waals surface area contributed by atoms with Crippen LogP contribution in [0, 0.1) is 0 Å². The van der Waals surface area contributed by atoms with Gasteiger partial charge in [0.25, 0.3) is 0 Å². The fraction of sp³-hybridized carbons (Fsp3) is 0.667. The normalized spacial score (nSPS) is 9.45. The molecule has 0 aliphatic rings. The quantitative estimate of drug-likeness (QED) is 0.629. The van der Waals surface area contributed by atoms with Crippen molar-refractivity contribution in [1.82, 2.24) is 0 Å². The van der Waals surface area contributed by atoms with Crippen LogP contribution in [0.4, 0.5) is 0 Å². The highest BCUT2D eigenvalue weighted by Gasteiger charge is 2.07. The molecule has 0 atom stereocenters. The summed E-state index contributed by atoms with van der Waals surface area (Å²) >= 11 is 0. The molecule has 0 spiro atoms. The second kappa shape index (κ2) is 5.08. The van der Waals surface area contributed by atoms with Gasteiger partial charge >= 0.3 is 0 Å². The van der Waals surface area contributed by atoms with E-state index in [1.54, 1.807) is 0 Å². The second-order valence-electron chi connectivity index (χ2n) is 2.73. The van der Waals surface area contributed by atoms with Crippen molar-refractivity contribution in [3.63, 3.8) is 0 Å². The lowest BCUT2D eigenvalue weighted by Gasteiger charge is -2.04. The smallest absolute Gasteiger partial charge is 0.158 e. The highest BCUT2D eigenvalue weighted by atomic mass is 16.3. The molecule has 1 N–H and O–H groups in total. The fourth-order valence-electron chi connectivity index (χ4n) is 0.993. The van der Waals surface area contributed by atoms with E-state index >= 15 is 0 Å². The Morgan fingerprint density at radius 3 is 2.18 bits per heavy atom. The first kappa shape index (κ1) is 10.4. The molecule has 0 unspecified atom stereocenters. The second-order valence-corrected chi connectivity index (χ2v) is 2.73. The molecule has 0 aliphatic carbocycles. The van der Waals surface area contributed by atoms with E-state index < -0.39 is 0 Å². The number of carbonyl (C=O) groups is 1. The lowest BCUT2D eigenvalue weighted by molar-refractivity contribution is -0.115. The van der Waals surface area contributed by atoms with E-state index in [4.69, 9.17) is 5.11 Å². The van der Waals surface area contributed by atoms with Gasteiger partial charge in [-0.25, -0.2) is 0 Å². The van der Waals surface area contributed by atoms with Gasteiger partial charge in [-0.3, -0.25) is 4.79 Å². The molecule has 0 saturated heterocycles. The van der Waals surface area contributed by atoms with Crippen LogP contribution in [0.1, 0.15) is 33.6 Å². The van der Waals surface area contributed by atoms with Crippen LogP contribution in [0.2, 0.25) is 0 Å². The maximum Gasteiger partial charge on any atom is 0.158 e. The van der Waals surface area contributed by atoms with Gasteiger partial charge in [0.2, 0.25) is 0 Å². The Balaban J connectivity index is 4.36. The number of Topliss-reactive ketones (excluding diaryl/α,β-unsaturated/α-hetero) is 1. The van der Waals surface area contributed by atoms with Crippen LogP contribution in [0.5, 0.6) is 0 Å². The van der Waals surface area contributed by atoms with E-state index in [2.05, 4.69) is 0 Å². The molecule has 0 heterocycles. The van der Waals surface area contributed by atoms with Gasteiger partial charge in [0.05, 0.1) is 0 Å². The molecule has 0 amide bonds. The lowest BCUT2D eigenvalue weighted by Crippen LogP contribution is -2.04. The summed E-state index contributed by atoms with van der Waals surface area (Å²) in [4.78, 5) is 11.2. The topological polar surface area (TPSA) is 37.3 Å². The van der Waals surface area contributed by atoms with Gasteiger partial charge in [0, 0.05) is 13.0 Å². The van der Waals surface area contributed by atoms with Crippen LogP contribution in [0.15, 0.2) is 11.1 Å². The predicted molar refractivity (Wildman–Crippen MR) is 45.4 cm³/mol. The van der Waals surface area contributed by atoms with Crippen molar-refractivity contribution < 1.29 is 9.90 Å². The summed E-state index contributed by atoms with van der Waals surface area (Å²) < 4.78 is 0. The molecule has 2 heteroatoms. The third-order valence-electron chi connectivity index (χ3n) is 1.62. The van der Waals surface area contributed by atoms with Gasteiger partial charge in [-0.2, -0.15) is 0 Å². The summed E-state index contributed by atoms with van der Waals surface area (Å²) in [6.45, 7) is 5.70. The maximum absolute atomic E-state index is 11.2. The van der Waals surface area contributed by atoms with Crippen molar-refractivity contribution in [3.8, 4) is 0 Å². The van der Waals surface area contributed by atoms with Crippen molar-refractivity contribution in [2.24, 2.45) is 0 Å². The lowest BCUT2D eigenvalue weighted by atomic mass is 10.0. The molecule has 2 nitrogen and oxygen atoms in total. The Bertz CT molecular complexity index is 164. The summed E-state index contributed by atoms with van der Waals surface area (Å²) in [6.07, 6.45) is 1.02. The number of rotatable bonds is 4. The molecule has 0 rings (SSSR count). The summed E-state index contributed by atoms with van der Waals surface area (Å²) in [5, 5.41) is 8.64. The average molecular weight is 156 g/mol. The van der Waals surface area contributed by atoms with Gasteiger partial charge in [-0.15, -0.1) is 0 Å². The van der Waals surface area contributed by atoms with E-state index in [0.717, 1.165) is 11.1 Å². The Morgan fingerprint density at radius 1 is 1.36 bits per heavy atom. The molecule has 0 aliphatic heterocycles. The molecule has 0 aromatic heterocycles. The van der Waals surface area contributed by atoms with Crippen molar-refractivity contribution in [3.05, 3.63) is 11.1 Å². The first-order valence-electron chi connectivity index (χ1n) is 3.93. The molecule has 0 bridgehead atoms. The van der Waals surface area contributed by atoms with Crippen LogP contribution in [0.3, 0.4) is 0 Å². The van der Waals surface area contributed by atoms with E-state index in [1.165, 1.54) is 0 Å². The molecule has 11 heavy (non-hydrogen) atoms. The van der Waals surface area contributed by atoms with Crippen molar-refractivity contribution in [1.29, 1.82) is 0 Å². The minimum Gasteiger partial charge on any atom is -0.396 e. The zero-order valence-electron chi connectivity index (χ0n) is 7.48. The zero-order chi connectivity index (χ0) is 8.85. The van der Waals surface area contributed by atoms with Gasteiger partial charge in [0.1, 0.15) is 0 Å². The largest absolute Gasteiger partial charge is 0.396 e. The minimum absolute atomic E-state index is 0.0618. The Kier molecular flexibility index (Phi) is 4.79. The molecular weight excluding hydrogens is 140 g/mol. The highest BCUT2D eigenvalue weighted by molar-refractivity contribution is 5.95. The number of hydrogen-bond donors (Lipinski definition) is 1. The van der Waals surface area contributed by atoms with Crippen molar-refractivity contribution in [2.75, 3.05) is 6.61 Å². The maximum atomic E-state index is 11.2. The summed E-state index contributed by atoms with van der Waals surface area (Å²) in [5.41, 5.74) is 1.81. The summed E-state index contributed by atoms with van der Waals surface area (Å²) in [7, 11) is 0. The third kappa shape index (κ3) is 3.33. The standard InChI is InChI=1S/C9H16O2/c1-4-9(11)8(5-6-10)7(2)3/h10H,4-6H2,1-3H3. The van der Waals surface area contributed by atoms with Crippen LogP contribution < -0.4 is 0 Å².